The molecule has 2 N–H and O–H groups in total. The highest BCUT2D eigenvalue weighted by Crippen LogP contribution is 2.11. The number of amides is 2. The number of carbonyl (C=O) groups is 2. The molecule has 7 heteroatoms. The maximum absolute atomic E-state index is 11.8. The average molecular weight is 338 g/mol. The predicted molar refractivity (Wildman–Crippen MR) is 88.1 cm³/mol. The van der Waals surface area contributed by atoms with Gasteiger partial charge in [-0.05, 0) is 37.5 Å². The van der Waals surface area contributed by atoms with Crippen LogP contribution < -0.4 is 10.7 Å². The summed E-state index contributed by atoms with van der Waals surface area (Å²) in [7, 11) is 0. The summed E-state index contributed by atoms with van der Waals surface area (Å²) < 4.78 is 5.25. The van der Waals surface area contributed by atoms with E-state index in [1.54, 1.807) is 19.1 Å². The summed E-state index contributed by atoms with van der Waals surface area (Å²) in [5.41, 5.74) is 3.93. The number of hydrogen-bond acceptors (Lipinski definition) is 4. The van der Waals surface area contributed by atoms with E-state index < -0.39 is 6.10 Å². The van der Waals surface area contributed by atoms with Crippen molar-refractivity contribution in [1.29, 1.82) is 0 Å². The highest BCUT2D eigenvalue weighted by Gasteiger charge is 2.23. The molecule has 0 aliphatic carbocycles. The molecule has 2 amide bonds. The monoisotopic (exact) mass is 337 g/mol. The second-order valence-electron chi connectivity index (χ2n) is 5.40. The van der Waals surface area contributed by atoms with Crippen LogP contribution in [0.3, 0.4) is 0 Å². The molecule has 0 spiro atoms. The fourth-order valence-electron chi connectivity index (χ4n) is 2.14. The first-order valence-corrected chi connectivity index (χ1v) is 7.88. The first kappa shape index (κ1) is 17.4. The molecular formula is C16H20ClN3O3. The lowest BCUT2D eigenvalue weighted by molar-refractivity contribution is -0.130. The molecule has 0 bridgehead atoms. The van der Waals surface area contributed by atoms with Crippen LogP contribution in [-0.2, 0) is 20.9 Å². The summed E-state index contributed by atoms with van der Waals surface area (Å²) in [6.45, 7) is 2.72. The zero-order chi connectivity index (χ0) is 16.7. The molecule has 6 nitrogen and oxygen atoms in total. The number of benzene rings is 1. The third kappa shape index (κ3) is 6.00. The smallest absolute Gasteiger partial charge is 0.269 e. The van der Waals surface area contributed by atoms with Crippen LogP contribution in [0.15, 0.2) is 29.4 Å². The molecule has 1 fully saturated rings. The standard InChI is InChI=1S/C16H20ClN3O3/c1-11(19-20-16(22)14-3-2-8-23-14)9-15(21)18-10-12-4-6-13(17)7-5-12/h4-7,14H,2-3,8-10H2,1H3,(H,18,21)(H,20,22)/b19-11-/t14-/m1/s1. The molecule has 1 aromatic carbocycles. The second-order valence-corrected chi connectivity index (χ2v) is 5.84. The van der Waals surface area contributed by atoms with E-state index in [1.165, 1.54) is 0 Å². The lowest BCUT2D eigenvalue weighted by atomic mass is 10.2. The highest BCUT2D eigenvalue weighted by molar-refractivity contribution is 6.30. The lowest BCUT2D eigenvalue weighted by Crippen LogP contribution is -2.32. The SMILES string of the molecule is C/C(CC(=O)NCc1ccc(Cl)cc1)=N/NC(=O)[C@H]1CCCO1. The summed E-state index contributed by atoms with van der Waals surface area (Å²) in [6, 6.07) is 7.25. The fourth-order valence-corrected chi connectivity index (χ4v) is 2.27. The minimum Gasteiger partial charge on any atom is -0.368 e. The van der Waals surface area contributed by atoms with Crippen molar-refractivity contribution in [2.75, 3.05) is 6.61 Å². The number of halogens is 1. The Kier molecular flexibility index (Phi) is 6.55. The molecule has 1 atom stereocenters. The van der Waals surface area contributed by atoms with Crippen LogP contribution in [0.5, 0.6) is 0 Å². The quantitative estimate of drug-likeness (QED) is 0.615. The van der Waals surface area contributed by atoms with Crippen LogP contribution >= 0.6 is 11.6 Å². The van der Waals surface area contributed by atoms with Crippen LogP contribution in [0, 0.1) is 0 Å². The minimum atomic E-state index is -0.426. The maximum atomic E-state index is 11.8. The summed E-state index contributed by atoms with van der Waals surface area (Å²) >= 11 is 5.80. The van der Waals surface area contributed by atoms with Gasteiger partial charge < -0.3 is 10.1 Å². The Morgan fingerprint density at radius 2 is 2.09 bits per heavy atom. The van der Waals surface area contributed by atoms with Gasteiger partial charge in [-0.25, -0.2) is 5.43 Å². The van der Waals surface area contributed by atoms with Crippen molar-refractivity contribution in [3.8, 4) is 0 Å². The van der Waals surface area contributed by atoms with Crippen LogP contribution in [0.2, 0.25) is 5.02 Å². The second kappa shape index (κ2) is 8.64. The van der Waals surface area contributed by atoms with E-state index >= 15 is 0 Å². The Labute approximate surface area is 140 Å². The molecule has 0 aromatic heterocycles. The van der Waals surface area contributed by atoms with Gasteiger partial charge >= 0.3 is 0 Å². The zero-order valence-electron chi connectivity index (χ0n) is 13.0. The van der Waals surface area contributed by atoms with Gasteiger partial charge in [0, 0.05) is 23.9 Å². The molecule has 1 aliphatic heterocycles. The number of carbonyl (C=O) groups excluding carboxylic acids is 2. The molecule has 1 aliphatic rings. The van der Waals surface area contributed by atoms with Crippen molar-refractivity contribution < 1.29 is 14.3 Å². The molecule has 23 heavy (non-hydrogen) atoms. The summed E-state index contributed by atoms with van der Waals surface area (Å²) in [6.07, 6.45) is 1.29. The molecule has 0 unspecified atom stereocenters. The minimum absolute atomic E-state index is 0.124. The Bertz CT molecular complexity index is 581. The van der Waals surface area contributed by atoms with Gasteiger partial charge in [-0.2, -0.15) is 5.10 Å². The number of hydrazone groups is 1. The average Bonchev–Trinajstić information content (AvgIpc) is 3.06. The van der Waals surface area contributed by atoms with Gasteiger partial charge in [0.15, 0.2) is 0 Å². The first-order valence-electron chi connectivity index (χ1n) is 7.50. The van der Waals surface area contributed by atoms with E-state index in [2.05, 4.69) is 15.8 Å². The van der Waals surface area contributed by atoms with Crippen molar-refractivity contribution in [2.24, 2.45) is 5.10 Å². The van der Waals surface area contributed by atoms with Crippen LogP contribution in [0.1, 0.15) is 31.7 Å². The number of hydrogen-bond donors (Lipinski definition) is 2. The largest absolute Gasteiger partial charge is 0.368 e. The van der Waals surface area contributed by atoms with E-state index in [0.717, 1.165) is 12.0 Å². The molecule has 1 aromatic rings. The Balaban J connectivity index is 1.71. The van der Waals surface area contributed by atoms with Gasteiger partial charge in [0.2, 0.25) is 5.91 Å². The zero-order valence-corrected chi connectivity index (χ0v) is 13.7. The maximum Gasteiger partial charge on any atom is 0.269 e. The van der Waals surface area contributed by atoms with E-state index in [1.807, 2.05) is 12.1 Å². The van der Waals surface area contributed by atoms with Gasteiger partial charge in [0.1, 0.15) is 6.10 Å². The van der Waals surface area contributed by atoms with Gasteiger partial charge in [-0.3, -0.25) is 9.59 Å². The third-order valence-corrected chi connectivity index (χ3v) is 3.65. The van der Waals surface area contributed by atoms with E-state index in [4.69, 9.17) is 16.3 Å². The Morgan fingerprint density at radius 3 is 2.74 bits per heavy atom. The van der Waals surface area contributed by atoms with Crippen molar-refractivity contribution in [2.45, 2.75) is 38.8 Å². The Hall–Kier alpha value is -1.92. The molecule has 1 saturated heterocycles. The summed E-state index contributed by atoms with van der Waals surface area (Å²) in [4.78, 5) is 23.6. The van der Waals surface area contributed by atoms with Gasteiger partial charge in [-0.1, -0.05) is 23.7 Å². The highest BCUT2D eigenvalue weighted by atomic mass is 35.5. The number of rotatable bonds is 6. The van der Waals surface area contributed by atoms with Gasteiger partial charge in [0.25, 0.3) is 5.91 Å². The molecule has 2 rings (SSSR count). The predicted octanol–water partition coefficient (Wildman–Crippen LogP) is 2.02. The first-order chi connectivity index (χ1) is 11.0. The van der Waals surface area contributed by atoms with Gasteiger partial charge in [-0.15, -0.1) is 0 Å². The molecule has 0 saturated carbocycles. The summed E-state index contributed by atoms with van der Waals surface area (Å²) in [5.74, 6) is -0.420. The number of nitrogens with one attached hydrogen (secondary N) is 2. The molecule has 0 radical (unpaired) electrons. The number of ether oxygens (including phenoxy) is 1. The summed E-state index contributed by atoms with van der Waals surface area (Å²) in [5, 5.41) is 7.38. The number of nitrogens with zero attached hydrogens (tertiary/aromatic N) is 1. The third-order valence-electron chi connectivity index (χ3n) is 3.40. The van der Waals surface area contributed by atoms with E-state index in [-0.39, 0.29) is 18.2 Å². The lowest BCUT2D eigenvalue weighted by Gasteiger charge is -2.08. The van der Waals surface area contributed by atoms with Crippen molar-refractivity contribution >= 4 is 29.1 Å². The van der Waals surface area contributed by atoms with Crippen molar-refractivity contribution in [1.82, 2.24) is 10.7 Å². The van der Waals surface area contributed by atoms with Crippen molar-refractivity contribution in [3.63, 3.8) is 0 Å². The topological polar surface area (TPSA) is 79.8 Å². The fraction of sp³-hybridized carbons (Fsp3) is 0.438. The van der Waals surface area contributed by atoms with Crippen molar-refractivity contribution in [3.05, 3.63) is 34.9 Å². The van der Waals surface area contributed by atoms with Gasteiger partial charge in [0.05, 0.1) is 6.42 Å². The Morgan fingerprint density at radius 1 is 1.35 bits per heavy atom. The van der Waals surface area contributed by atoms with Crippen LogP contribution in [0.4, 0.5) is 0 Å². The normalized spacial score (nSPS) is 17.8. The molecular weight excluding hydrogens is 318 g/mol. The van der Waals surface area contributed by atoms with Crippen LogP contribution in [0.25, 0.3) is 0 Å². The van der Waals surface area contributed by atoms with E-state index in [0.29, 0.717) is 30.3 Å². The van der Waals surface area contributed by atoms with Crippen LogP contribution in [-0.4, -0.2) is 30.2 Å². The van der Waals surface area contributed by atoms with E-state index in [9.17, 15) is 9.59 Å². The molecule has 1 heterocycles. The molecule has 124 valence electrons.